The van der Waals surface area contributed by atoms with Crippen molar-refractivity contribution in [1.29, 1.82) is 0 Å². The molecule has 0 aromatic rings. The minimum atomic E-state index is -0.833. The van der Waals surface area contributed by atoms with Crippen LogP contribution in [0.4, 0.5) is 0 Å². The number of ether oxygens (including phenoxy) is 1. The van der Waals surface area contributed by atoms with Crippen molar-refractivity contribution in [3.63, 3.8) is 0 Å². The highest BCUT2D eigenvalue weighted by atomic mass is 16.5. The Morgan fingerprint density at radius 3 is 2.12 bits per heavy atom. The van der Waals surface area contributed by atoms with Crippen molar-refractivity contribution in [2.75, 3.05) is 33.2 Å². The predicted molar refractivity (Wildman–Crippen MR) is 159 cm³/mol. The number of piperidine rings is 2. The van der Waals surface area contributed by atoms with Crippen molar-refractivity contribution >= 4 is 11.9 Å². The molecule has 1 N–H and O–H groups in total. The number of likely N-dealkylation sites (tertiary alicyclic amines) is 2. The number of carboxylic acids is 1. The lowest BCUT2D eigenvalue weighted by Crippen LogP contribution is -2.60. The summed E-state index contributed by atoms with van der Waals surface area (Å²) in [5.74, 6) is 2.51. The number of quaternary nitrogens is 1. The van der Waals surface area contributed by atoms with Gasteiger partial charge in [0.1, 0.15) is 6.04 Å². The molecule has 4 aliphatic carbocycles. The quantitative estimate of drug-likeness (QED) is 0.315. The molecule has 0 bridgehead atoms. The molecule has 6 rings (SSSR count). The summed E-state index contributed by atoms with van der Waals surface area (Å²) in [6, 6.07) is 1.34. The lowest BCUT2D eigenvalue weighted by molar-refractivity contribution is -0.940. The molecule has 0 spiro atoms. The van der Waals surface area contributed by atoms with Gasteiger partial charge in [0, 0.05) is 31.7 Å². The topological polar surface area (TPSA) is 66.8 Å². The molecule has 0 aromatic carbocycles. The molecule has 4 saturated carbocycles. The van der Waals surface area contributed by atoms with Crippen molar-refractivity contribution in [2.45, 2.75) is 136 Å². The number of hydrogen-bond donors (Lipinski definition) is 1. The molecule has 6 aliphatic rings. The Morgan fingerprint density at radius 1 is 0.850 bits per heavy atom. The van der Waals surface area contributed by atoms with Crippen molar-refractivity contribution in [3.8, 4) is 0 Å². The van der Waals surface area contributed by atoms with Crippen molar-refractivity contribution in [1.82, 2.24) is 4.90 Å². The standard InChI is InChI=1S/C32H55N2O2.C2H4O2/c1-23(35)36-30-29(34(4)19-9-6-10-20-34)21-28-26-14-12-24-11-13-25(33-17-7-5-8-18-33)22-32(24,3)27(26)15-16-31(28,30)2;1-2(3)4/h24-30H,5-22H2,1-4H3;1H3,(H,3,4)/q+1;. The summed E-state index contributed by atoms with van der Waals surface area (Å²) in [5, 5.41) is 7.42. The van der Waals surface area contributed by atoms with Gasteiger partial charge in [-0.1, -0.05) is 20.3 Å². The van der Waals surface area contributed by atoms with Gasteiger partial charge in [0.25, 0.3) is 5.97 Å². The normalized spacial score (nSPS) is 44.7. The van der Waals surface area contributed by atoms with E-state index in [1.54, 1.807) is 6.92 Å². The molecule has 9 unspecified atom stereocenters. The largest absolute Gasteiger partial charge is 0.481 e. The summed E-state index contributed by atoms with van der Waals surface area (Å²) < 4.78 is 7.51. The number of carbonyl (C=O) groups excluding carboxylic acids is 1. The first-order valence-electron chi connectivity index (χ1n) is 16.9. The number of esters is 1. The van der Waals surface area contributed by atoms with Crippen LogP contribution in [0.5, 0.6) is 0 Å². The average molecular weight is 560 g/mol. The summed E-state index contributed by atoms with van der Waals surface area (Å²) in [5.41, 5.74) is 0.684. The summed E-state index contributed by atoms with van der Waals surface area (Å²) in [7, 11) is 2.50. The Kier molecular flexibility index (Phi) is 8.99. The molecule has 9 atom stereocenters. The van der Waals surface area contributed by atoms with Crippen LogP contribution in [0.15, 0.2) is 0 Å². The number of nitrogens with zero attached hydrogens (tertiary/aromatic N) is 2. The van der Waals surface area contributed by atoms with Gasteiger partial charge >= 0.3 is 5.97 Å². The third-order valence-corrected chi connectivity index (χ3v) is 13.4. The molecule has 0 radical (unpaired) electrons. The smallest absolute Gasteiger partial charge is 0.303 e. The van der Waals surface area contributed by atoms with Crippen LogP contribution in [0.3, 0.4) is 0 Å². The third-order valence-electron chi connectivity index (χ3n) is 13.4. The van der Waals surface area contributed by atoms with Crippen molar-refractivity contribution < 1.29 is 23.9 Å². The summed E-state index contributed by atoms with van der Waals surface area (Å²) >= 11 is 0. The van der Waals surface area contributed by atoms with Gasteiger partial charge in [-0.3, -0.25) is 9.59 Å². The fourth-order valence-electron chi connectivity index (χ4n) is 11.4. The van der Waals surface area contributed by atoms with E-state index in [0.717, 1.165) is 41.1 Å². The van der Waals surface area contributed by atoms with E-state index < -0.39 is 5.97 Å². The highest BCUT2D eigenvalue weighted by Gasteiger charge is 2.66. The maximum atomic E-state index is 12.4. The number of aliphatic carboxylic acids is 1. The van der Waals surface area contributed by atoms with Crippen LogP contribution < -0.4 is 0 Å². The van der Waals surface area contributed by atoms with Gasteiger partial charge in [-0.05, 0) is 119 Å². The fourth-order valence-corrected chi connectivity index (χ4v) is 11.4. The van der Waals surface area contributed by atoms with Crippen LogP contribution in [-0.2, 0) is 14.3 Å². The SMILES string of the molecule is CC(=O)O.CC(=O)OC1C([N+]2(C)CCCCC2)CC2C3CCC4CCC(N5CCCCC5)CC4(C)C3CCC21C. The van der Waals surface area contributed by atoms with E-state index in [4.69, 9.17) is 14.6 Å². The summed E-state index contributed by atoms with van der Waals surface area (Å²) in [4.78, 5) is 24.3. The third kappa shape index (κ3) is 5.62. The maximum absolute atomic E-state index is 12.4. The highest BCUT2D eigenvalue weighted by molar-refractivity contribution is 5.66. The molecule has 6 fully saturated rings. The second kappa shape index (κ2) is 11.9. The zero-order chi connectivity index (χ0) is 28.7. The Morgan fingerprint density at radius 2 is 1.48 bits per heavy atom. The Hall–Kier alpha value is -1.14. The summed E-state index contributed by atoms with van der Waals surface area (Å²) in [6.45, 7) is 13.3. The molecular weight excluding hydrogens is 500 g/mol. The molecule has 6 heteroatoms. The van der Waals surface area contributed by atoms with E-state index in [1.165, 1.54) is 116 Å². The monoisotopic (exact) mass is 559 g/mol. The predicted octanol–water partition coefficient (Wildman–Crippen LogP) is 6.52. The van der Waals surface area contributed by atoms with E-state index in [2.05, 4.69) is 25.8 Å². The molecule has 0 aromatic heterocycles. The molecule has 0 amide bonds. The van der Waals surface area contributed by atoms with Crippen molar-refractivity contribution in [3.05, 3.63) is 0 Å². The maximum Gasteiger partial charge on any atom is 0.303 e. The lowest BCUT2D eigenvalue weighted by atomic mass is 9.45. The zero-order valence-corrected chi connectivity index (χ0v) is 26.3. The zero-order valence-electron chi connectivity index (χ0n) is 26.3. The van der Waals surface area contributed by atoms with Crippen LogP contribution in [0.2, 0.25) is 0 Å². The van der Waals surface area contributed by atoms with Crippen LogP contribution in [0.25, 0.3) is 0 Å². The minimum Gasteiger partial charge on any atom is -0.481 e. The molecule has 228 valence electrons. The Labute approximate surface area is 244 Å². The second-order valence-electron chi connectivity index (χ2n) is 15.6. The Bertz CT molecular complexity index is 908. The van der Waals surface area contributed by atoms with Gasteiger partial charge in [0.15, 0.2) is 6.10 Å². The van der Waals surface area contributed by atoms with E-state index >= 15 is 0 Å². The molecular formula is C34H59N2O4+. The molecule has 6 nitrogen and oxygen atoms in total. The average Bonchev–Trinajstić information content (AvgIpc) is 3.21. The first-order valence-corrected chi connectivity index (χ1v) is 16.9. The number of likely N-dealkylation sites (N-methyl/N-ethyl adjacent to an activating group) is 1. The number of carbonyl (C=O) groups is 2. The second-order valence-corrected chi connectivity index (χ2v) is 15.6. The van der Waals surface area contributed by atoms with Crippen LogP contribution >= 0.6 is 0 Å². The first-order chi connectivity index (χ1) is 19.0. The van der Waals surface area contributed by atoms with Crippen molar-refractivity contribution in [2.24, 2.45) is 34.5 Å². The van der Waals surface area contributed by atoms with E-state index in [0.29, 0.717) is 11.5 Å². The molecule has 2 saturated heterocycles. The van der Waals surface area contributed by atoms with E-state index in [9.17, 15) is 4.79 Å². The fraction of sp³-hybridized carbons (Fsp3) is 0.941. The minimum absolute atomic E-state index is 0.0510. The highest BCUT2D eigenvalue weighted by Crippen LogP contribution is 2.67. The lowest BCUT2D eigenvalue weighted by Gasteiger charge is -2.61. The van der Waals surface area contributed by atoms with Gasteiger partial charge in [-0.25, -0.2) is 0 Å². The van der Waals surface area contributed by atoms with Gasteiger partial charge in [0.05, 0.1) is 20.1 Å². The van der Waals surface area contributed by atoms with Crippen LogP contribution in [0, 0.1) is 34.5 Å². The number of rotatable bonds is 3. The number of fused-ring (bicyclic) bond motifs is 5. The van der Waals surface area contributed by atoms with Gasteiger partial charge in [-0.15, -0.1) is 0 Å². The van der Waals surface area contributed by atoms with Gasteiger partial charge in [-0.2, -0.15) is 0 Å². The van der Waals surface area contributed by atoms with Crippen LogP contribution in [0.1, 0.15) is 118 Å². The molecule has 2 heterocycles. The summed E-state index contributed by atoms with van der Waals surface area (Å²) in [6.07, 6.45) is 19.6. The van der Waals surface area contributed by atoms with Crippen LogP contribution in [-0.4, -0.2) is 77.8 Å². The number of carboxylic acid groups (broad SMARTS) is 1. The molecule has 40 heavy (non-hydrogen) atoms. The van der Waals surface area contributed by atoms with Gasteiger partial charge in [0.2, 0.25) is 0 Å². The van der Waals surface area contributed by atoms with E-state index in [-0.39, 0.29) is 17.5 Å². The van der Waals surface area contributed by atoms with E-state index in [1.807, 2.05) is 0 Å². The Balaban J connectivity index is 0.000000758. The van der Waals surface area contributed by atoms with Gasteiger partial charge < -0.3 is 19.2 Å². The first kappa shape index (κ1) is 30.3. The number of hydrogen-bond acceptors (Lipinski definition) is 4. The molecule has 2 aliphatic heterocycles.